The van der Waals surface area contributed by atoms with E-state index in [0.29, 0.717) is 18.1 Å². The molecule has 27 heavy (non-hydrogen) atoms. The number of hydrogen-bond donors (Lipinski definition) is 3. The van der Waals surface area contributed by atoms with Gasteiger partial charge >= 0.3 is 0 Å². The van der Waals surface area contributed by atoms with Crippen molar-refractivity contribution in [2.75, 3.05) is 6.54 Å². The fraction of sp³-hybridized carbons (Fsp3) is 0.500. The zero-order chi connectivity index (χ0) is 18.5. The molecule has 0 spiro atoms. The smallest absolute Gasteiger partial charge is 0.191 e. The fourth-order valence-electron chi connectivity index (χ4n) is 2.96. The highest BCUT2D eigenvalue weighted by molar-refractivity contribution is 14.0. The molecule has 0 radical (unpaired) electrons. The molecule has 1 aliphatic heterocycles. The molecular weight excluding hydrogens is 462 g/mol. The summed E-state index contributed by atoms with van der Waals surface area (Å²) < 4.78 is 15.4. The number of halogens is 2. The van der Waals surface area contributed by atoms with Crippen molar-refractivity contribution in [3.8, 4) is 5.75 Å². The molecular formula is C18H26FIN6O. The first-order chi connectivity index (χ1) is 12.6. The molecule has 0 amide bonds. The van der Waals surface area contributed by atoms with Gasteiger partial charge < -0.3 is 15.7 Å². The van der Waals surface area contributed by atoms with Gasteiger partial charge in [0, 0.05) is 25.4 Å². The number of nitrogens with zero attached hydrogens (tertiary/aromatic N) is 4. The van der Waals surface area contributed by atoms with Crippen LogP contribution in [0, 0.1) is 5.82 Å². The van der Waals surface area contributed by atoms with Crippen molar-refractivity contribution in [1.82, 2.24) is 25.4 Å². The van der Waals surface area contributed by atoms with Crippen LogP contribution in [0.25, 0.3) is 0 Å². The molecule has 0 aliphatic carbocycles. The second kappa shape index (κ2) is 9.86. The maximum atomic E-state index is 13.5. The normalized spacial score (nSPS) is 16.4. The SMILES string of the molecule is CCNC(=NCc1ccc(O)c(F)c1)NC1CCc2nc(CC)nn2C1.I. The van der Waals surface area contributed by atoms with Gasteiger partial charge in [0.25, 0.3) is 0 Å². The molecule has 0 saturated carbocycles. The lowest BCUT2D eigenvalue weighted by Gasteiger charge is -2.25. The van der Waals surface area contributed by atoms with E-state index >= 15 is 0 Å². The van der Waals surface area contributed by atoms with Crippen LogP contribution >= 0.6 is 24.0 Å². The van der Waals surface area contributed by atoms with E-state index in [4.69, 9.17) is 0 Å². The summed E-state index contributed by atoms with van der Waals surface area (Å²) in [4.78, 5) is 9.06. The van der Waals surface area contributed by atoms with Crippen LogP contribution in [0.4, 0.5) is 4.39 Å². The molecule has 1 aromatic carbocycles. The van der Waals surface area contributed by atoms with Crippen LogP contribution < -0.4 is 10.6 Å². The predicted molar refractivity (Wildman–Crippen MR) is 113 cm³/mol. The van der Waals surface area contributed by atoms with Gasteiger partial charge in [0.15, 0.2) is 23.4 Å². The second-order valence-corrected chi connectivity index (χ2v) is 6.34. The van der Waals surface area contributed by atoms with Crippen molar-refractivity contribution < 1.29 is 9.50 Å². The Labute approximate surface area is 175 Å². The zero-order valence-electron chi connectivity index (χ0n) is 15.6. The molecule has 1 atom stereocenters. The van der Waals surface area contributed by atoms with Crippen LogP contribution in [0.2, 0.25) is 0 Å². The van der Waals surface area contributed by atoms with Gasteiger partial charge in [0.05, 0.1) is 13.1 Å². The number of hydrogen-bond acceptors (Lipinski definition) is 4. The Morgan fingerprint density at radius 3 is 2.93 bits per heavy atom. The lowest BCUT2D eigenvalue weighted by molar-refractivity contribution is 0.392. The maximum Gasteiger partial charge on any atom is 0.191 e. The fourth-order valence-corrected chi connectivity index (χ4v) is 2.96. The number of nitrogens with one attached hydrogen (secondary N) is 2. The van der Waals surface area contributed by atoms with Gasteiger partial charge in [-0.2, -0.15) is 5.10 Å². The Hall–Kier alpha value is -1.91. The van der Waals surface area contributed by atoms with Crippen LogP contribution in [-0.4, -0.2) is 38.4 Å². The third-order valence-electron chi connectivity index (χ3n) is 4.34. The zero-order valence-corrected chi connectivity index (χ0v) is 17.9. The van der Waals surface area contributed by atoms with Gasteiger partial charge in [-0.1, -0.05) is 13.0 Å². The van der Waals surface area contributed by atoms with E-state index in [-0.39, 0.29) is 35.8 Å². The number of aliphatic imine (C=N–C) groups is 1. The highest BCUT2D eigenvalue weighted by atomic mass is 127. The van der Waals surface area contributed by atoms with Crippen molar-refractivity contribution in [3.05, 3.63) is 41.2 Å². The van der Waals surface area contributed by atoms with Gasteiger partial charge in [-0.3, -0.25) is 0 Å². The number of benzene rings is 1. The average molecular weight is 488 g/mol. The van der Waals surface area contributed by atoms with Crippen LogP contribution in [0.15, 0.2) is 23.2 Å². The number of guanidine groups is 1. The Morgan fingerprint density at radius 1 is 1.41 bits per heavy atom. The van der Waals surface area contributed by atoms with Crippen LogP contribution in [0.1, 0.15) is 37.5 Å². The van der Waals surface area contributed by atoms with Gasteiger partial charge in [-0.15, -0.1) is 24.0 Å². The molecule has 148 valence electrons. The number of phenolic OH excluding ortho intramolecular Hbond substituents is 1. The molecule has 1 aromatic heterocycles. The molecule has 3 rings (SSSR count). The summed E-state index contributed by atoms with van der Waals surface area (Å²) >= 11 is 0. The number of aromatic nitrogens is 3. The average Bonchev–Trinajstić information content (AvgIpc) is 3.05. The van der Waals surface area contributed by atoms with Crippen LogP contribution in [0.3, 0.4) is 0 Å². The van der Waals surface area contributed by atoms with Crippen molar-refractivity contribution >= 4 is 29.9 Å². The maximum absolute atomic E-state index is 13.5. The van der Waals surface area contributed by atoms with E-state index in [0.717, 1.165) is 44.0 Å². The number of phenols is 1. The molecule has 9 heteroatoms. The van der Waals surface area contributed by atoms with Gasteiger partial charge in [-0.05, 0) is 31.0 Å². The van der Waals surface area contributed by atoms with E-state index in [9.17, 15) is 9.50 Å². The lowest BCUT2D eigenvalue weighted by Crippen LogP contribution is -2.47. The number of aromatic hydroxyl groups is 1. The third kappa shape index (κ3) is 5.53. The minimum Gasteiger partial charge on any atom is -0.505 e. The van der Waals surface area contributed by atoms with E-state index < -0.39 is 5.82 Å². The summed E-state index contributed by atoms with van der Waals surface area (Å²) in [7, 11) is 0. The van der Waals surface area contributed by atoms with Gasteiger partial charge in [0.2, 0.25) is 0 Å². The Balaban J connectivity index is 0.00000261. The van der Waals surface area contributed by atoms with Crippen molar-refractivity contribution in [2.45, 2.75) is 52.2 Å². The summed E-state index contributed by atoms with van der Waals surface area (Å²) in [5, 5.41) is 20.4. The first-order valence-electron chi connectivity index (χ1n) is 9.03. The lowest BCUT2D eigenvalue weighted by atomic mass is 10.1. The van der Waals surface area contributed by atoms with Crippen molar-refractivity contribution in [2.24, 2.45) is 4.99 Å². The summed E-state index contributed by atoms with van der Waals surface area (Å²) in [6, 6.07) is 4.53. The first-order valence-corrected chi connectivity index (χ1v) is 9.03. The van der Waals surface area contributed by atoms with Gasteiger partial charge in [-0.25, -0.2) is 19.0 Å². The standard InChI is InChI=1S/C18H25FN6O.HI/c1-3-16-23-17-8-6-13(11-25(17)24-16)22-18(20-4-2)21-10-12-5-7-15(26)14(19)9-12;/h5,7,9,13,26H,3-4,6,8,10-11H2,1-2H3,(H2,20,21,22);1H. The second-order valence-electron chi connectivity index (χ2n) is 6.34. The van der Waals surface area contributed by atoms with E-state index in [1.54, 1.807) is 6.07 Å². The molecule has 0 fully saturated rings. The van der Waals surface area contributed by atoms with E-state index in [2.05, 4.69) is 32.6 Å². The molecule has 0 saturated heterocycles. The molecule has 2 heterocycles. The molecule has 1 unspecified atom stereocenters. The first kappa shape index (κ1) is 21.4. The molecule has 3 N–H and O–H groups in total. The van der Waals surface area contributed by atoms with Crippen molar-refractivity contribution in [3.63, 3.8) is 0 Å². The summed E-state index contributed by atoms with van der Waals surface area (Å²) in [5.41, 5.74) is 0.701. The number of fused-ring (bicyclic) bond motifs is 1. The van der Waals surface area contributed by atoms with Gasteiger partial charge in [0.1, 0.15) is 5.82 Å². The van der Waals surface area contributed by atoms with Crippen LogP contribution in [-0.2, 0) is 25.9 Å². The Morgan fingerprint density at radius 2 is 2.22 bits per heavy atom. The summed E-state index contributed by atoms with van der Waals surface area (Å²) in [5.74, 6) is 1.63. The third-order valence-corrected chi connectivity index (χ3v) is 4.34. The van der Waals surface area contributed by atoms with E-state index in [1.165, 1.54) is 12.1 Å². The number of rotatable bonds is 5. The Kier molecular flexibility index (Phi) is 7.81. The quantitative estimate of drug-likeness (QED) is 0.342. The number of aryl methyl sites for hydroxylation is 2. The topological polar surface area (TPSA) is 87.4 Å². The molecule has 2 aromatic rings. The van der Waals surface area contributed by atoms with Crippen LogP contribution in [0.5, 0.6) is 5.75 Å². The predicted octanol–water partition coefficient (Wildman–Crippen LogP) is 2.37. The highest BCUT2D eigenvalue weighted by Crippen LogP contribution is 2.17. The Bertz CT molecular complexity index is 794. The highest BCUT2D eigenvalue weighted by Gasteiger charge is 2.22. The summed E-state index contributed by atoms with van der Waals surface area (Å²) in [6.45, 7) is 5.87. The molecule has 7 nitrogen and oxygen atoms in total. The van der Waals surface area contributed by atoms with Crippen molar-refractivity contribution in [1.29, 1.82) is 0 Å². The monoisotopic (exact) mass is 488 g/mol. The largest absolute Gasteiger partial charge is 0.505 e. The molecule has 1 aliphatic rings. The minimum absolute atomic E-state index is 0. The molecule has 0 bridgehead atoms. The van der Waals surface area contributed by atoms with E-state index in [1.807, 2.05) is 11.6 Å². The minimum atomic E-state index is -0.631. The summed E-state index contributed by atoms with van der Waals surface area (Å²) in [6.07, 6.45) is 2.68.